The van der Waals surface area contributed by atoms with E-state index in [9.17, 15) is 0 Å². The first-order valence-electron chi connectivity index (χ1n) is 6.15. The molecular formula is C16H13N3. The Labute approximate surface area is 111 Å². The number of rotatable bonds is 1. The average Bonchev–Trinajstić information content (AvgIpc) is 2.85. The molecule has 0 unspecified atom stereocenters. The van der Waals surface area contributed by atoms with E-state index in [2.05, 4.69) is 42.2 Å². The number of hydrogen-bond donors (Lipinski definition) is 0. The lowest BCUT2D eigenvalue weighted by Crippen LogP contribution is -1.93. The van der Waals surface area contributed by atoms with Crippen molar-refractivity contribution in [3.8, 4) is 17.3 Å². The van der Waals surface area contributed by atoms with Crippen LogP contribution in [0.2, 0.25) is 0 Å². The first kappa shape index (κ1) is 11.5. The predicted octanol–water partition coefficient (Wildman–Crippen LogP) is 3.49. The first-order valence-corrected chi connectivity index (χ1v) is 6.15. The average molecular weight is 247 g/mol. The van der Waals surface area contributed by atoms with Gasteiger partial charge in [0.2, 0.25) is 0 Å². The SMILES string of the molecule is Cc1ccc(-c2cn3c(C)c(C#N)ccc3n2)cc1. The van der Waals surface area contributed by atoms with E-state index in [1.807, 2.05) is 29.7 Å². The maximum absolute atomic E-state index is 9.05. The van der Waals surface area contributed by atoms with Crippen LogP contribution in [0.4, 0.5) is 0 Å². The molecule has 2 heterocycles. The van der Waals surface area contributed by atoms with Gasteiger partial charge in [0, 0.05) is 17.5 Å². The van der Waals surface area contributed by atoms with E-state index in [0.717, 1.165) is 22.6 Å². The van der Waals surface area contributed by atoms with Crippen molar-refractivity contribution in [2.45, 2.75) is 13.8 Å². The molecule has 1 aromatic carbocycles. The monoisotopic (exact) mass is 247 g/mol. The van der Waals surface area contributed by atoms with E-state index >= 15 is 0 Å². The van der Waals surface area contributed by atoms with Crippen molar-refractivity contribution < 1.29 is 0 Å². The van der Waals surface area contributed by atoms with Gasteiger partial charge in [-0.3, -0.25) is 0 Å². The molecule has 0 spiro atoms. The number of nitrogens with zero attached hydrogens (tertiary/aromatic N) is 3. The minimum absolute atomic E-state index is 0.681. The molecule has 0 radical (unpaired) electrons. The molecule has 0 saturated heterocycles. The van der Waals surface area contributed by atoms with E-state index in [1.165, 1.54) is 5.56 Å². The number of nitriles is 1. The van der Waals surface area contributed by atoms with Gasteiger partial charge in [-0.2, -0.15) is 5.26 Å². The lowest BCUT2D eigenvalue weighted by atomic mass is 10.1. The molecular weight excluding hydrogens is 234 g/mol. The molecule has 0 aliphatic carbocycles. The van der Waals surface area contributed by atoms with Crippen LogP contribution in [0.25, 0.3) is 16.9 Å². The molecule has 0 aliphatic heterocycles. The van der Waals surface area contributed by atoms with E-state index in [0.29, 0.717) is 5.56 Å². The van der Waals surface area contributed by atoms with Crippen molar-refractivity contribution in [1.82, 2.24) is 9.38 Å². The summed E-state index contributed by atoms with van der Waals surface area (Å²) < 4.78 is 1.97. The summed E-state index contributed by atoms with van der Waals surface area (Å²) in [4.78, 5) is 4.60. The summed E-state index contributed by atoms with van der Waals surface area (Å²) >= 11 is 0. The number of aryl methyl sites for hydroxylation is 2. The van der Waals surface area contributed by atoms with Gasteiger partial charge in [0.25, 0.3) is 0 Å². The Bertz CT molecular complexity index is 789. The second-order valence-electron chi connectivity index (χ2n) is 4.66. The fourth-order valence-electron chi connectivity index (χ4n) is 2.17. The molecule has 0 atom stereocenters. The molecule has 19 heavy (non-hydrogen) atoms. The lowest BCUT2D eigenvalue weighted by Gasteiger charge is -2.00. The van der Waals surface area contributed by atoms with Crippen LogP contribution in [-0.4, -0.2) is 9.38 Å². The Morgan fingerprint density at radius 1 is 1.05 bits per heavy atom. The molecule has 2 aromatic heterocycles. The predicted molar refractivity (Wildman–Crippen MR) is 74.8 cm³/mol. The zero-order chi connectivity index (χ0) is 13.4. The van der Waals surface area contributed by atoms with Gasteiger partial charge in [-0.1, -0.05) is 29.8 Å². The highest BCUT2D eigenvalue weighted by molar-refractivity contribution is 5.63. The Kier molecular flexibility index (Phi) is 2.57. The normalized spacial score (nSPS) is 10.6. The molecule has 0 amide bonds. The second-order valence-corrected chi connectivity index (χ2v) is 4.66. The number of benzene rings is 1. The summed E-state index contributed by atoms with van der Waals surface area (Å²) in [6.45, 7) is 4.00. The van der Waals surface area contributed by atoms with E-state index in [-0.39, 0.29) is 0 Å². The highest BCUT2D eigenvalue weighted by Gasteiger charge is 2.08. The van der Waals surface area contributed by atoms with Gasteiger partial charge in [-0.15, -0.1) is 0 Å². The topological polar surface area (TPSA) is 41.1 Å². The van der Waals surface area contributed by atoms with Crippen molar-refractivity contribution in [3.63, 3.8) is 0 Å². The summed E-state index contributed by atoms with van der Waals surface area (Å²) in [7, 11) is 0. The quantitative estimate of drug-likeness (QED) is 0.660. The third-order valence-electron chi connectivity index (χ3n) is 3.35. The van der Waals surface area contributed by atoms with Crippen LogP contribution in [-0.2, 0) is 0 Å². The third-order valence-corrected chi connectivity index (χ3v) is 3.35. The van der Waals surface area contributed by atoms with E-state index in [1.54, 1.807) is 0 Å². The fourth-order valence-corrected chi connectivity index (χ4v) is 2.17. The van der Waals surface area contributed by atoms with Gasteiger partial charge in [-0.25, -0.2) is 4.98 Å². The summed E-state index contributed by atoms with van der Waals surface area (Å²) in [5.41, 5.74) is 5.72. The van der Waals surface area contributed by atoms with Crippen LogP contribution in [0.15, 0.2) is 42.6 Å². The third kappa shape index (κ3) is 1.88. The molecule has 3 heteroatoms. The number of hydrogen-bond acceptors (Lipinski definition) is 2. The Morgan fingerprint density at radius 3 is 2.47 bits per heavy atom. The van der Waals surface area contributed by atoms with Gasteiger partial charge < -0.3 is 4.40 Å². The van der Waals surface area contributed by atoms with E-state index in [4.69, 9.17) is 5.26 Å². The van der Waals surface area contributed by atoms with Crippen LogP contribution < -0.4 is 0 Å². The fraction of sp³-hybridized carbons (Fsp3) is 0.125. The van der Waals surface area contributed by atoms with Crippen LogP contribution in [0, 0.1) is 25.2 Å². The summed E-state index contributed by atoms with van der Waals surface area (Å²) in [5, 5.41) is 9.05. The molecule has 0 fully saturated rings. The summed E-state index contributed by atoms with van der Waals surface area (Å²) in [6, 6.07) is 14.2. The Hall–Kier alpha value is -2.60. The molecule has 3 nitrogen and oxygen atoms in total. The maximum atomic E-state index is 9.05. The molecule has 92 valence electrons. The summed E-state index contributed by atoms with van der Waals surface area (Å²) in [6.07, 6.45) is 1.98. The number of pyridine rings is 1. The van der Waals surface area contributed by atoms with Crippen LogP contribution in [0.3, 0.4) is 0 Å². The smallest absolute Gasteiger partial charge is 0.137 e. The van der Waals surface area contributed by atoms with Gasteiger partial charge in [-0.05, 0) is 26.0 Å². The Balaban J connectivity index is 2.20. The molecule has 3 aromatic rings. The van der Waals surface area contributed by atoms with Crippen molar-refractivity contribution in [2.75, 3.05) is 0 Å². The lowest BCUT2D eigenvalue weighted by molar-refractivity contribution is 1.08. The first-order chi connectivity index (χ1) is 9.19. The molecule has 0 bridgehead atoms. The molecule has 3 rings (SSSR count). The van der Waals surface area contributed by atoms with Crippen LogP contribution >= 0.6 is 0 Å². The highest BCUT2D eigenvalue weighted by Crippen LogP contribution is 2.21. The minimum atomic E-state index is 0.681. The van der Waals surface area contributed by atoms with Gasteiger partial charge in [0.15, 0.2) is 0 Å². The van der Waals surface area contributed by atoms with Crippen LogP contribution in [0.1, 0.15) is 16.8 Å². The molecule has 0 aliphatic rings. The number of aromatic nitrogens is 2. The standard InChI is InChI=1S/C16H13N3/c1-11-3-5-13(6-4-11)15-10-19-12(2)14(9-17)7-8-16(19)18-15/h3-8,10H,1-2H3. The minimum Gasteiger partial charge on any atom is -0.302 e. The second kappa shape index (κ2) is 4.25. The van der Waals surface area contributed by atoms with Crippen molar-refractivity contribution >= 4 is 5.65 Å². The van der Waals surface area contributed by atoms with Gasteiger partial charge in [0.05, 0.1) is 11.3 Å². The van der Waals surface area contributed by atoms with Crippen molar-refractivity contribution in [3.05, 3.63) is 59.4 Å². The van der Waals surface area contributed by atoms with Crippen molar-refractivity contribution in [2.24, 2.45) is 0 Å². The highest BCUT2D eigenvalue weighted by atomic mass is 15.0. The summed E-state index contributed by atoms with van der Waals surface area (Å²) in [5.74, 6) is 0. The number of fused-ring (bicyclic) bond motifs is 1. The molecule has 0 N–H and O–H groups in total. The van der Waals surface area contributed by atoms with Crippen LogP contribution in [0.5, 0.6) is 0 Å². The zero-order valence-electron chi connectivity index (χ0n) is 10.9. The van der Waals surface area contributed by atoms with Gasteiger partial charge in [0.1, 0.15) is 11.7 Å². The van der Waals surface area contributed by atoms with E-state index < -0.39 is 0 Å². The van der Waals surface area contributed by atoms with Crippen molar-refractivity contribution in [1.29, 1.82) is 5.26 Å². The zero-order valence-corrected chi connectivity index (χ0v) is 10.9. The molecule has 0 saturated carbocycles. The number of imidazole rings is 1. The largest absolute Gasteiger partial charge is 0.302 e. The van der Waals surface area contributed by atoms with Gasteiger partial charge >= 0.3 is 0 Å². The Morgan fingerprint density at radius 2 is 1.79 bits per heavy atom. The maximum Gasteiger partial charge on any atom is 0.137 e.